The minimum Gasteiger partial charge on any atom is -0.492 e. The SMILES string of the molecule is C=CC(=O)N1CCN(c2nc(=O)n3c4nc(c(F)cc24)-c2c(ccc(F)c2F)OCC2(CC2)Cc2ccnc(C(C)C)c2-3)C(C)C1. The Morgan fingerprint density at radius 2 is 1.91 bits per heavy atom. The van der Waals surface area contributed by atoms with Crippen molar-refractivity contribution < 1.29 is 22.7 Å². The van der Waals surface area contributed by atoms with E-state index in [0.29, 0.717) is 37.4 Å². The lowest BCUT2D eigenvalue weighted by Gasteiger charge is -2.40. The van der Waals surface area contributed by atoms with Crippen molar-refractivity contribution >= 4 is 22.8 Å². The molecule has 4 aromatic rings. The van der Waals surface area contributed by atoms with Gasteiger partial charge in [0.2, 0.25) is 5.91 Å². The van der Waals surface area contributed by atoms with Crippen LogP contribution in [-0.2, 0) is 11.2 Å². The van der Waals surface area contributed by atoms with E-state index in [4.69, 9.17) is 4.74 Å². The number of hydrogen-bond donors (Lipinski definition) is 0. The summed E-state index contributed by atoms with van der Waals surface area (Å²) in [6, 6.07) is 4.96. The van der Waals surface area contributed by atoms with Crippen LogP contribution in [0.3, 0.4) is 0 Å². The van der Waals surface area contributed by atoms with Crippen LogP contribution in [0.4, 0.5) is 19.0 Å². The first-order chi connectivity index (χ1) is 22.0. The van der Waals surface area contributed by atoms with Gasteiger partial charge < -0.3 is 14.5 Å². The molecule has 2 fully saturated rings. The van der Waals surface area contributed by atoms with E-state index in [1.54, 1.807) is 11.1 Å². The average molecular weight is 631 g/mol. The fourth-order valence-corrected chi connectivity index (χ4v) is 6.70. The predicted octanol–water partition coefficient (Wildman–Crippen LogP) is 5.32. The van der Waals surface area contributed by atoms with Crippen LogP contribution in [0.1, 0.15) is 50.8 Å². The van der Waals surface area contributed by atoms with Crippen LogP contribution in [0, 0.1) is 22.9 Å². The summed E-state index contributed by atoms with van der Waals surface area (Å²) in [6.45, 7) is 10.5. The zero-order chi connectivity index (χ0) is 32.5. The molecule has 3 aliphatic rings. The van der Waals surface area contributed by atoms with Crippen LogP contribution in [0.15, 0.2) is 47.9 Å². The molecule has 46 heavy (non-hydrogen) atoms. The molecule has 1 unspecified atom stereocenters. The lowest BCUT2D eigenvalue weighted by Crippen LogP contribution is -2.54. The first-order valence-corrected chi connectivity index (χ1v) is 15.4. The number of piperazine rings is 1. The molecule has 2 bridgehead atoms. The number of fused-ring (bicyclic) bond motifs is 5. The highest BCUT2D eigenvalue weighted by molar-refractivity contribution is 5.91. The van der Waals surface area contributed by atoms with Crippen LogP contribution in [0.25, 0.3) is 28.0 Å². The van der Waals surface area contributed by atoms with Crippen molar-refractivity contribution in [1.29, 1.82) is 0 Å². The minimum atomic E-state index is -1.30. The van der Waals surface area contributed by atoms with E-state index in [2.05, 4.69) is 21.5 Å². The molecule has 2 aliphatic heterocycles. The van der Waals surface area contributed by atoms with E-state index in [1.165, 1.54) is 16.7 Å². The molecule has 5 heterocycles. The van der Waals surface area contributed by atoms with Gasteiger partial charge in [0.05, 0.1) is 28.9 Å². The van der Waals surface area contributed by atoms with Gasteiger partial charge in [-0.15, -0.1) is 0 Å². The lowest BCUT2D eigenvalue weighted by atomic mass is 9.93. The molecule has 0 N–H and O–H groups in total. The maximum Gasteiger partial charge on any atom is 0.355 e. The number of carbonyl (C=O) groups excluding carboxylic acids is 1. The largest absolute Gasteiger partial charge is 0.492 e. The molecule has 1 aliphatic carbocycles. The number of pyridine rings is 2. The van der Waals surface area contributed by atoms with E-state index in [9.17, 15) is 14.0 Å². The number of aromatic nitrogens is 4. The molecule has 238 valence electrons. The average Bonchev–Trinajstić information content (AvgIpc) is 3.80. The van der Waals surface area contributed by atoms with Crippen molar-refractivity contribution in [2.45, 2.75) is 52.0 Å². The molecule has 9 nitrogen and oxygen atoms in total. The molecular weight excluding hydrogens is 597 g/mol. The first kappa shape index (κ1) is 29.9. The van der Waals surface area contributed by atoms with Crippen molar-refractivity contribution in [1.82, 2.24) is 24.4 Å². The molecule has 1 aromatic carbocycles. The second-order valence-electron chi connectivity index (χ2n) is 12.8. The number of benzene rings is 1. The second-order valence-corrected chi connectivity index (χ2v) is 12.8. The lowest BCUT2D eigenvalue weighted by molar-refractivity contribution is -0.126. The van der Waals surface area contributed by atoms with Crippen LogP contribution >= 0.6 is 0 Å². The third kappa shape index (κ3) is 4.81. The monoisotopic (exact) mass is 630 g/mol. The summed E-state index contributed by atoms with van der Waals surface area (Å²) in [5.41, 5.74) is 0.0610. The Kier molecular flexibility index (Phi) is 7.13. The summed E-state index contributed by atoms with van der Waals surface area (Å²) < 4.78 is 54.1. The fourth-order valence-electron chi connectivity index (χ4n) is 6.70. The van der Waals surface area contributed by atoms with E-state index < -0.39 is 34.4 Å². The molecule has 12 heteroatoms. The van der Waals surface area contributed by atoms with Gasteiger partial charge in [-0.05, 0) is 68.0 Å². The van der Waals surface area contributed by atoms with Crippen molar-refractivity contribution in [3.8, 4) is 22.7 Å². The molecule has 0 radical (unpaired) electrons. The summed E-state index contributed by atoms with van der Waals surface area (Å²) in [5.74, 6) is -3.58. The number of hydrogen-bond acceptors (Lipinski definition) is 7. The Labute approximate surface area is 263 Å². The van der Waals surface area contributed by atoms with Crippen molar-refractivity contribution in [2.24, 2.45) is 5.41 Å². The van der Waals surface area contributed by atoms with Gasteiger partial charge in [-0.3, -0.25) is 9.78 Å². The van der Waals surface area contributed by atoms with Gasteiger partial charge in [-0.1, -0.05) is 20.4 Å². The van der Waals surface area contributed by atoms with Crippen LogP contribution in [0.2, 0.25) is 0 Å². The molecule has 1 amide bonds. The van der Waals surface area contributed by atoms with Crippen molar-refractivity contribution in [3.05, 3.63) is 82.3 Å². The summed E-state index contributed by atoms with van der Waals surface area (Å²) in [4.78, 5) is 43.9. The summed E-state index contributed by atoms with van der Waals surface area (Å²) in [6.07, 6.45) is 5.14. The van der Waals surface area contributed by atoms with Crippen LogP contribution in [-0.4, -0.2) is 62.6 Å². The van der Waals surface area contributed by atoms with Crippen molar-refractivity contribution in [2.75, 3.05) is 31.1 Å². The Balaban J connectivity index is 1.56. The minimum absolute atomic E-state index is 0.0272. The number of rotatable bonds is 3. The second kappa shape index (κ2) is 11.0. The Hall–Kier alpha value is -4.74. The smallest absolute Gasteiger partial charge is 0.355 e. The molecule has 1 spiro atoms. The Bertz CT molecular complexity index is 1990. The Morgan fingerprint density at radius 3 is 2.61 bits per heavy atom. The molecule has 1 saturated heterocycles. The van der Waals surface area contributed by atoms with Crippen LogP contribution in [0.5, 0.6) is 5.75 Å². The van der Waals surface area contributed by atoms with E-state index in [-0.39, 0.29) is 52.5 Å². The maximum absolute atomic E-state index is 16.3. The predicted molar refractivity (Wildman–Crippen MR) is 167 cm³/mol. The standard InChI is InChI=1S/C34H33F3N6O3/c1-5-25(44)41-12-13-42(19(4)16-41)31-21-14-23(36)29-26-24(7-6-22(35)27(26)37)46-17-34(9-10-34)15-20-8-11-38-28(18(2)3)30(20)43(32(21)39-29)33(45)40-31/h5-8,11,14,18-19H,1,9-10,12-13,15-17H2,2-4H3. The van der Waals surface area contributed by atoms with E-state index in [1.807, 2.05) is 31.7 Å². The van der Waals surface area contributed by atoms with Gasteiger partial charge >= 0.3 is 5.69 Å². The van der Waals surface area contributed by atoms with Gasteiger partial charge in [0.25, 0.3) is 0 Å². The molecule has 7 rings (SSSR count). The molecular formula is C34H33F3N6O3. The zero-order valence-electron chi connectivity index (χ0n) is 25.8. The molecule has 1 atom stereocenters. The maximum atomic E-state index is 16.3. The number of carbonyl (C=O) groups is 1. The van der Waals surface area contributed by atoms with Gasteiger partial charge in [-0.2, -0.15) is 4.98 Å². The summed E-state index contributed by atoms with van der Waals surface area (Å²) in [5, 5.41) is 0.207. The fraction of sp³-hybridized carbons (Fsp3) is 0.382. The molecule has 1 saturated carbocycles. The molecule has 3 aromatic heterocycles. The number of nitrogens with zero attached hydrogens (tertiary/aromatic N) is 6. The van der Waals surface area contributed by atoms with Gasteiger partial charge in [0.1, 0.15) is 17.3 Å². The number of ether oxygens (including phenoxy) is 1. The first-order valence-electron chi connectivity index (χ1n) is 15.4. The van der Waals surface area contributed by atoms with Crippen molar-refractivity contribution in [3.63, 3.8) is 0 Å². The Morgan fingerprint density at radius 1 is 1.13 bits per heavy atom. The highest BCUT2D eigenvalue weighted by Crippen LogP contribution is 2.50. The van der Waals surface area contributed by atoms with E-state index in [0.717, 1.165) is 30.5 Å². The zero-order valence-corrected chi connectivity index (χ0v) is 25.8. The van der Waals surface area contributed by atoms with Gasteiger partial charge in [0.15, 0.2) is 23.1 Å². The quantitative estimate of drug-likeness (QED) is 0.283. The van der Waals surface area contributed by atoms with Crippen LogP contribution < -0.4 is 15.3 Å². The highest BCUT2D eigenvalue weighted by Gasteiger charge is 2.45. The normalized spacial score (nSPS) is 18.5. The number of anilines is 1. The van der Waals surface area contributed by atoms with E-state index >= 15 is 8.78 Å². The highest BCUT2D eigenvalue weighted by atomic mass is 19.2. The summed E-state index contributed by atoms with van der Waals surface area (Å²) >= 11 is 0. The topological polar surface area (TPSA) is 93.5 Å². The summed E-state index contributed by atoms with van der Waals surface area (Å²) in [7, 11) is 0. The third-order valence-corrected chi connectivity index (χ3v) is 9.34. The van der Waals surface area contributed by atoms with Gasteiger partial charge in [-0.25, -0.2) is 27.5 Å². The van der Waals surface area contributed by atoms with Gasteiger partial charge in [0, 0.05) is 37.3 Å². The number of amides is 1. The number of halogens is 3. The third-order valence-electron chi connectivity index (χ3n) is 9.34.